The number of rotatable bonds is 4. The highest BCUT2D eigenvalue weighted by Crippen LogP contribution is 2.32. The van der Waals surface area contributed by atoms with Crippen LogP contribution in [-0.4, -0.2) is 11.7 Å². The van der Waals surface area contributed by atoms with Gasteiger partial charge in [-0.25, -0.2) is 9.98 Å². The van der Waals surface area contributed by atoms with E-state index in [1.807, 2.05) is 0 Å². The lowest BCUT2D eigenvalue weighted by atomic mass is 9.95. The second-order valence-electron chi connectivity index (χ2n) is 11.4. The first-order valence-electron chi connectivity index (χ1n) is 14.7. The van der Waals surface area contributed by atoms with Crippen molar-refractivity contribution in [3.05, 3.63) is 168 Å². The van der Waals surface area contributed by atoms with Crippen molar-refractivity contribution in [1.82, 2.24) is 5.32 Å². The van der Waals surface area contributed by atoms with Gasteiger partial charge < -0.3 is 5.32 Å². The molecule has 0 aromatic heterocycles. The minimum Gasteiger partial charge on any atom is -0.342 e. The summed E-state index contributed by atoms with van der Waals surface area (Å²) >= 11 is 0. The Labute approximate surface area is 250 Å². The molecule has 0 amide bonds. The first-order valence-corrected chi connectivity index (χ1v) is 14.7. The Hall–Kier alpha value is -5.54. The van der Waals surface area contributed by atoms with Crippen LogP contribution in [-0.2, 0) is 5.66 Å². The lowest BCUT2D eigenvalue weighted by molar-refractivity contribution is 0.455. The van der Waals surface area contributed by atoms with Crippen molar-refractivity contribution in [1.29, 1.82) is 0 Å². The van der Waals surface area contributed by atoms with Crippen molar-refractivity contribution in [2.75, 3.05) is 0 Å². The van der Waals surface area contributed by atoms with Crippen LogP contribution in [0.3, 0.4) is 0 Å². The fraction of sp³-hybridized carbons (Fsp3) is 0.0500. The molecule has 8 rings (SSSR count). The van der Waals surface area contributed by atoms with Crippen LogP contribution in [0.15, 0.2) is 162 Å². The number of aliphatic imine (C=N–C) groups is 2. The molecule has 1 aliphatic heterocycles. The normalized spacial score (nSPS) is 16.6. The molecule has 0 saturated carbocycles. The molecule has 204 valence electrons. The largest absolute Gasteiger partial charge is 0.342 e. The Morgan fingerprint density at radius 3 is 1.47 bits per heavy atom. The topological polar surface area (TPSA) is 36.8 Å². The van der Waals surface area contributed by atoms with E-state index in [0.717, 1.165) is 22.5 Å². The van der Waals surface area contributed by atoms with Gasteiger partial charge >= 0.3 is 0 Å². The summed E-state index contributed by atoms with van der Waals surface area (Å²) in [5.74, 6) is 1.53. The molecule has 0 spiro atoms. The Kier molecular flexibility index (Phi) is 5.90. The molecule has 1 aliphatic rings. The summed E-state index contributed by atoms with van der Waals surface area (Å²) in [7, 11) is 0. The van der Waals surface area contributed by atoms with Crippen molar-refractivity contribution in [2.45, 2.75) is 12.6 Å². The SMILES string of the molecule is CC1(c2ccc(-c3ccc4ccccc4c3)cc2)N=C(c2ccc3ccccc3c2)N=C(c2ccc3ccccc3c2)N1. The van der Waals surface area contributed by atoms with Crippen LogP contribution in [0.5, 0.6) is 0 Å². The highest BCUT2D eigenvalue weighted by molar-refractivity contribution is 6.15. The molecular weight excluding hydrogens is 522 g/mol. The van der Waals surface area contributed by atoms with Crippen LogP contribution in [0, 0.1) is 0 Å². The second-order valence-corrected chi connectivity index (χ2v) is 11.4. The van der Waals surface area contributed by atoms with Gasteiger partial charge in [-0.05, 0) is 74.1 Å². The van der Waals surface area contributed by atoms with Crippen molar-refractivity contribution in [2.24, 2.45) is 9.98 Å². The first kappa shape index (κ1) is 25.2. The number of nitrogens with one attached hydrogen (secondary N) is 1. The quantitative estimate of drug-likeness (QED) is 0.232. The van der Waals surface area contributed by atoms with Crippen molar-refractivity contribution < 1.29 is 0 Å². The Morgan fingerprint density at radius 1 is 0.442 bits per heavy atom. The van der Waals surface area contributed by atoms with Crippen LogP contribution in [0.25, 0.3) is 43.4 Å². The third-order valence-corrected chi connectivity index (χ3v) is 8.47. The Morgan fingerprint density at radius 2 is 0.884 bits per heavy atom. The summed E-state index contributed by atoms with van der Waals surface area (Å²) in [6.45, 7) is 2.13. The summed E-state index contributed by atoms with van der Waals surface area (Å²) in [5, 5.41) is 11.0. The van der Waals surface area contributed by atoms with Crippen LogP contribution in [0.4, 0.5) is 0 Å². The van der Waals surface area contributed by atoms with Crippen LogP contribution in [0.1, 0.15) is 23.6 Å². The van der Waals surface area contributed by atoms with Gasteiger partial charge in [0.15, 0.2) is 11.5 Å². The molecule has 1 heterocycles. The van der Waals surface area contributed by atoms with E-state index in [-0.39, 0.29) is 0 Å². The predicted molar refractivity (Wildman–Crippen MR) is 181 cm³/mol. The third-order valence-electron chi connectivity index (χ3n) is 8.47. The third kappa shape index (κ3) is 4.65. The van der Waals surface area contributed by atoms with Gasteiger partial charge in [-0.2, -0.15) is 0 Å². The first-order chi connectivity index (χ1) is 21.1. The smallest absolute Gasteiger partial charge is 0.159 e. The molecule has 0 radical (unpaired) electrons. The highest BCUT2D eigenvalue weighted by atomic mass is 15.2. The van der Waals surface area contributed by atoms with E-state index in [1.165, 1.54) is 43.4 Å². The van der Waals surface area contributed by atoms with Crippen molar-refractivity contribution in [3.63, 3.8) is 0 Å². The summed E-state index contributed by atoms with van der Waals surface area (Å²) < 4.78 is 0. The van der Waals surface area contributed by atoms with Gasteiger partial charge in [0.05, 0.1) is 0 Å². The molecule has 1 atom stereocenters. The van der Waals surface area contributed by atoms with Crippen LogP contribution < -0.4 is 5.32 Å². The molecule has 7 aromatic carbocycles. The summed E-state index contributed by atoms with van der Waals surface area (Å²) in [5.41, 5.74) is 4.76. The zero-order valence-corrected chi connectivity index (χ0v) is 23.8. The highest BCUT2D eigenvalue weighted by Gasteiger charge is 2.32. The Bertz CT molecular complexity index is 2230. The van der Waals surface area contributed by atoms with Crippen molar-refractivity contribution in [3.8, 4) is 11.1 Å². The molecule has 0 aliphatic carbocycles. The summed E-state index contributed by atoms with van der Waals surface area (Å²) in [4.78, 5) is 10.4. The summed E-state index contributed by atoms with van der Waals surface area (Å²) in [6, 6.07) is 53.7. The van der Waals surface area contributed by atoms with E-state index >= 15 is 0 Å². The van der Waals surface area contributed by atoms with Gasteiger partial charge in [-0.3, -0.25) is 0 Å². The van der Waals surface area contributed by atoms with E-state index in [4.69, 9.17) is 9.98 Å². The van der Waals surface area contributed by atoms with Gasteiger partial charge in [0.1, 0.15) is 5.84 Å². The van der Waals surface area contributed by atoms with E-state index in [1.54, 1.807) is 0 Å². The van der Waals surface area contributed by atoms with Crippen molar-refractivity contribution >= 4 is 44.0 Å². The number of hydrogen-bond donors (Lipinski definition) is 1. The van der Waals surface area contributed by atoms with E-state index in [0.29, 0.717) is 5.84 Å². The standard InChI is InChI=1S/C40H29N3/c1-40(37-22-20-30(21-23-37)34-17-14-27-8-2-5-11-31(27)24-34)42-38(35-18-15-28-9-3-6-12-32(28)25-35)41-39(43-40)36-19-16-29-10-4-7-13-33(29)26-36/h2-26H,1H3,(H,41,42,43). The van der Waals surface area contributed by atoms with E-state index in [2.05, 4.69) is 164 Å². The van der Waals surface area contributed by atoms with Gasteiger partial charge in [-0.1, -0.05) is 133 Å². The Balaban J connectivity index is 1.22. The maximum atomic E-state index is 5.26. The fourth-order valence-corrected chi connectivity index (χ4v) is 6.05. The lowest BCUT2D eigenvalue weighted by Crippen LogP contribution is -2.46. The molecule has 1 unspecified atom stereocenters. The molecule has 3 heteroatoms. The van der Waals surface area contributed by atoms with Gasteiger partial charge in [0, 0.05) is 11.1 Å². The van der Waals surface area contributed by atoms with Gasteiger partial charge in [-0.15, -0.1) is 0 Å². The number of benzene rings is 7. The number of fused-ring (bicyclic) bond motifs is 3. The molecule has 0 saturated heterocycles. The zero-order valence-electron chi connectivity index (χ0n) is 23.8. The van der Waals surface area contributed by atoms with Gasteiger partial charge in [0.25, 0.3) is 0 Å². The maximum absolute atomic E-state index is 5.26. The minimum absolute atomic E-state index is 0.716. The minimum atomic E-state index is -0.717. The second kappa shape index (κ2) is 10.1. The van der Waals surface area contributed by atoms with E-state index < -0.39 is 5.66 Å². The average Bonchev–Trinajstić information content (AvgIpc) is 3.07. The molecular formula is C40H29N3. The predicted octanol–water partition coefficient (Wildman–Crippen LogP) is 9.48. The molecule has 1 N–H and O–H groups in total. The average molecular weight is 552 g/mol. The molecule has 3 nitrogen and oxygen atoms in total. The van der Waals surface area contributed by atoms with Gasteiger partial charge in [0.2, 0.25) is 0 Å². The monoisotopic (exact) mass is 551 g/mol. The molecule has 43 heavy (non-hydrogen) atoms. The van der Waals surface area contributed by atoms with Crippen LogP contribution in [0.2, 0.25) is 0 Å². The van der Waals surface area contributed by atoms with Crippen LogP contribution >= 0.6 is 0 Å². The zero-order chi connectivity index (χ0) is 28.8. The number of amidine groups is 2. The lowest BCUT2D eigenvalue weighted by Gasteiger charge is -2.33. The molecule has 7 aromatic rings. The molecule has 0 bridgehead atoms. The maximum Gasteiger partial charge on any atom is 0.159 e. The molecule has 0 fully saturated rings. The summed E-state index contributed by atoms with van der Waals surface area (Å²) in [6.07, 6.45) is 0. The number of nitrogens with zero attached hydrogens (tertiary/aromatic N) is 2. The van der Waals surface area contributed by atoms with E-state index in [9.17, 15) is 0 Å². The number of hydrogen-bond acceptors (Lipinski definition) is 3. The fourth-order valence-electron chi connectivity index (χ4n) is 6.05.